The Morgan fingerprint density at radius 1 is 1.45 bits per heavy atom. The zero-order valence-corrected chi connectivity index (χ0v) is 8.19. The minimum Gasteiger partial charge on any atom is -0.301 e. The number of hydrogen-bond acceptors (Lipinski definition) is 1. The maximum Gasteiger partial charge on any atom is 0.0825 e. The third-order valence-electron chi connectivity index (χ3n) is 2.26. The SMILES string of the molecule is CC(C)CC1CCC(Cl)NC1. The molecule has 1 fully saturated rings. The first-order valence-electron chi connectivity index (χ1n) is 4.56. The third kappa shape index (κ3) is 3.44. The van der Waals surface area contributed by atoms with Crippen molar-refractivity contribution in [1.82, 2.24) is 5.32 Å². The van der Waals surface area contributed by atoms with Gasteiger partial charge in [0.2, 0.25) is 0 Å². The van der Waals surface area contributed by atoms with E-state index in [4.69, 9.17) is 11.6 Å². The largest absolute Gasteiger partial charge is 0.301 e. The van der Waals surface area contributed by atoms with Gasteiger partial charge >= 0.3 is 0 Å². The number of piperidine rings is 1. The molecule has 1 nitrogen and oxygen atoms in total. The predicted octanol–water partition coefficient (Wildman–Crippen LogP) is 2.60. The Balaban J connectivity index is 2.17. The lowest BCUT2D eigenvalue weighted by molar-refractivity contribution is 0.308. The first kappa shape index (κ1) is 9.34. The molecule has 0 aliphatic carbocycles. The van der Waals surface area contributed by atoms with E-state index in [0.717, 1.165) is 24.8 Å². The van der Waals surface area contributed by atoms with Crippen LogP contribution in [0.1, 0.15) is 33.1 Å². The van der Waals surface area contributed by atoms with E-state index in [-0.39, 0.29) is 5.50 Å². The summed E-state index contributed by atoms with van der Waals surface area (Å²) in [6, 6.07) is 0. The van der Waals surface area contributed by atoms with Crippen molar-refractivity contribution < 1.29 is 0 Å². The first-order chi connectivity index (χ1) is 5.18. The van der Waals surface area contributed by atoms with Crippen LogP contribution >= 0.6 is 11.6 Å². The Morgan fingerprint density at radius 2 is 2.18 bits per heavy atom. The normalized spacial score (nSPS) is 32.7. The van der Waals surface area contributed by atoms with Crippen molar-refractivity contribution in [2.75, 3.05) is 6.54 Å². The van der Waals surface area contributed by atoms with Gasteiger partial charge in [0.1, 0.15) is 0 Å². The van der Waals surface area contributed by atoms with Gasteiger partial charge in [-0.05, 0) is 37.6 Å². The first-order valence-corrected chi connectivity index (χ1v) is 4.99. The van der Waals surface area contributed by atoms with Gasteiger partial charge in [-0.15, -0.1) is 11.6 Å². The molecule has 0 aromatic rings. The summed E-state index contributed by atoms with van der Waals surface area (Å²) in [5, 5.41) is 3.30. The molecule has 0 aromatic heterocycles. The van der Waals surface area contributed by atoms with E-state index in [9.17, 15) is 0 Å². The van der Waals surface area contributed by atoms with Gasteiger partial charge in [-0.1, -0.05) is 13.8 Å². The van der Waals surface area contributed by atoms with E-state index < -0.39 is 0 Å². The van der Waals surface area contributed by atoms with Crippen molar-refractivity contribution in [3.05, 3.63) is 0 Å². The summed E-state index contributed by atoms with van der Waals surface area (Å²) in [5.41, 5.74) is 0.235. The van der Waals surface area contributed by atoms with E-state index in [1.807, 2.05) is 0 Å². The van der Waals surface area contributed by atoms with Gasteiger partial charge in [0.05, 0.1) is 5.50 Å². The summed E-state index contributed by atoms with van der Waals surface area (Å²) < 4.78 is 0. The van der Waals surface area contributed by atoms with Gasteiger partial charge < -0.3 is 5.32 Å². The Hall–Kier alpha value is 0.250. The van der Waals surface area contributed by atoms with E-state index in [2.05, 4.69) is 19.2 Å². The van der Waals surface area contributed by atoms with Crippen LogP contribution in [-0.4, -0.2) is 12.0 Å². The standard InChI is InChI=1S/C9H18ClN/c1-7(2)5-8-3-4-9(10)11-6-8/h7-9,11H,3-6H2,1-2H3. The summed E-state index contributed by atoms with van der Waals surface area (Å²) in [4.78, 5) is 0. The second-order valence-electron chi connectivity index (χ2n) is 3.95. The maximum atomic E-state index is 5.91. The number of nitrogens with one attached hydrogen (secondary N) is 1. The molecule has 2 heteroatoms. The predicted molar refractivity (Wildman–Crippen MR) is 49.8 cm³/mol. The zero-order chi connectivity index (χ0) is 8.27. The Morgan fingerprint density at radius 3 is 2.64 bits per heavy atom. The fourth-order valence-corrected chi connectivity index (χ4v) is 1.96. The molecule has 1 N–H and O–H groups in total. The molecule has 11 heavy (non-hydrogen) atoms. The smallest absolute Gasteiger partial charge is 0.0825 e. The van der Waals surface area contributed by atoms with Crippen LogP contribution in [0.4, 0.5) is 0 Å². The van der Waals surface area contributed by atoms with E-state index >= 15 is 0 Å². The lowest BCUT2D eigenvalue weighted by Gasteiger charge is -2.27. The average Bonchev–Trinajstić information content (AvgIpc) is 1.93. The van der Waals surface area contributed by atoms with Crippen molar-refractivity contribution >= 4 is 11.6 Å². The number of hydrogen-bond donors (Lipinski definition) is 1. The van der Waals surface area contributed by atoms with Crippen LogP contribution in [-0.2, 0) is 0 Å². The van der Waals surface area contributed by atoms with Gasteiger partial charge in [-0.2, -0.15) is 0 Å². The minimum atomic E-state index is 0.235. The van der Waals surface area contributed by atoms with Crippen LogP contribution in [0.25, 0.3) is 0 Å². The van der Waals surface area contributed by atoms with Gasteiger partial charge in [0.15, 0.2) is 0 Å². The van der Waals surface area contributed by atoms with Gasteiger partial charge in [-0.3, -0.25) is 0 Å². The molecule has 0 spiro atoms. The van der Waals surface area contributed by atoms with E-state index in [1.54, 1.807) is 0 Å². The summed E-state index contributed by atoms with van der Waals surface area (Å²) in [6.45, 7) is 5.69. The Labute approximate surface area is 74.5 Å². The molecule has 1 aliphatic rings. The topological polar surface area (TPSA) is 12.0 Å². The molecule has 1 rings (SSSR count). The highest BCUT2D eigenvalue weighted by atomic mass is 35.5. The Bertz CT molecular complexity index is 106. The average molecular weight is 176 g/mol. The second kappa shape index (κ2) is 4.32. The lowest BCUT2D eigenvalue weighted by Crippen LogP contribution is -2.35. The van der Waals surface area contributed by atoms with Crippen molar-refractivity contribution in [3.63, 3.8) is 0 Å². The molecule has 0 aromatic carbocycles. The minimum absolute atomic E-state index is 0.235. The highest BCUT2D eigenvalue weighted by Gasteiger charge is 2.18. The van der Waals surface area contributed by atoms with E-state index in [0.29, 0.717) is 0 Å². The Kier molecular flexibility index (Phi) is 3.67. The van der Waals surface area contributed by atoms with Gasteiger partial charge in [0.25, 0.3) is 0 Å². The van der Waals surface area contributed by atoms with Crippen molar-refractivity contribution in [2.45, 2.75) is 38.6 Å². The quantitative estimate of drug-likeness (QED) is 0.503. The second-order valence-corrected chi connectivity index (χ2v) is 4.48. The molecule has 0 saturated carbocycles. The lowest BCUT2D eigenvalue weighted by atomic mass is 9.91. The van der Waals surface area contributed by atoms with Crippen LogP contribution in [0, 0.1) is 11.8 Å². The monoisotopic (exact) mass is 175 g/mol. The third-order valence-corrected chi connectivity index (χ3v) is 2.63. The highest BCUT2D eigenvalue weighted by molar-refractivity contribution is 6.20. The number of alkyl halides is 1. The molecule has 1 aliphatic heterocycles. The fourth-order valence-electron chi connectivity index (χ4n) is 1.75. The molecule has 66 valence electrons. The highest BCUT2D eigenvalue weighted by Crippen LogP contribution is 2.22. The van der Waals surface area contributed by atoms with Gasteiger partial charge in [-0.25, -0.2) is 0 Å². The molecule has 1 heterocycles. The fraction of sp³-hybridized carbons (Fsp3) is 1.00. The van der Waals surface area contributed by atoms with Gasteiger partial charge in [0, 0.05) is 0 Å². The van der Waals surface area contributed by atoms with Crippen molar-refractivity contribution in [3.8, 4) is 0 Å². The molecular weight excluding hydrogens is 158 g/mol. The van der Waals surface area contributed by atoms with E-state index in [1.165, 1.54) is 12.8 Å². The zero-order valence-electron chi connectivity index (χ0n) is 7.44. The van der Waals surface area contributed by atoms with Crippen LogP contribution in [0.15, 0.2) is 0 Å². The van der Waals surface area contributed by atoms with Crippen molar-refractivity contribution in [1.29, 1.82) is 0 Å². The molecule has 0 bridgehead atoms. The molecular formula is C9H18ClN. The molecule has 1 saturated heterocycles. The summed E-state index contributed by atoms with van der Waals surface area (Å²) in [5.74, 6) is 1.69. The molecule has 0 amide bonds. The molecule has 2 atom stereocenters. The maximum absolute atomic E-state index is 5.91. The van der Waals surface area contributed by atoms with Crippen LogP contribution in [0.2, 0.25) is 0 Å². The molecule has 0 radical (unpaired) electrons. The summed E-state index contributed by atoms with van der Waals surface area (Å²) >= 11 is 5.91. The van der Waals surface area contributed by atoms with Crippen LogP contribution in [0.3, 0.4) is 0 Å². The van der Waals surface area contributed by atoms with Crippen molar-refractivity contribution in [2.24, 2.45) is 11.8 Å². The summed E-state index contributed by atoms with van der Waals surface area (Å²) in [6.07, 6.45) is 3.79. The molecule has 2 unspecified atom stereocenters. The number of halogens is 1. The summed E-state index contributed by atoms with van der Waals surface area (Å²) in [7, 11) is 0. The van der Waals surface area contributed by atoms with Crippen LogP contribution < -0.4 is 5.32 Å². The number of rotatable bonds is 2. The van der Waals surface area contributed by atoms with Crippen LogP contribution in [0.5, 0.6) is 0 Å².